The SMILES string of the molecule is CCN1CCC2c3ccccc3OC2C1. The van der Waals surface area contributed by atoms with Gasteiger partial charge in [-0.25, -0.2) is 0 Å². The molecule has 15 heavy (non-hydrogen) atoms. The molecule has 2 aliphatic heterocycles. The third-order valence-corrected chi connectivity index (χ3v) is 3.69. The van der Waals surface area contributed by atoms with E-state index in [0.29, 0.717) is 12.0 Å². The summed E-state index contributed by atoms with van der Waals surface area (Å²) in [5, 5.41) is 0. The van der Waals surface area contributed by atoms with Crippen molar-refractivity contribution in [3.63, 3.8) is 0 Å². The lowest BCUT2D eigenvalue weighted by molar-refractivity contribution is 0.0955. The van der Waals surface area contributed by atoms with Crippen LogP contribution in [-0.2, 0) is 0 Å². The molecule has 0 saturated carbocycles. The van der Waals surface area contributed by atoms with Crippen LogP contribution in [0.2, 0.25) is 0 Å². The lowest BCUT2D eigenvalue weighted by atomic mass is 9.89. The molecule has 80 valence electrons. The Kier molecular flexibility index (Phi) is 2.17. The standard InChI is InChI=1S/C13H17NO/c1-2-14-8-7-11-10-5-3-4-6-12(10)15-13(11)9-14/h3-6,11,13H,2,7-9H2,1H3. The Balaban J connectivity index is 1.86. The van der Waals surface area contributed by atoms with Crippen LogP contribution in [0.3, 0.4) is 0 Å². The molecule has 1 aromatic rings. The summed E-state index contributed by atoms with van der Waals surface area (Å²) in [5.74, 6) is 1.76. The fraction of sp³-hybridized carbons (Fsp3) is 0.538. The monoisotopic (exact) mass is 203 g/mol. The number of benzene rings is 1. The van der Waals surface area contributed by atoms with Crippen LogP contribution < -0.4 is 4.74 Å². The van der Waals surface area contributed by atoms with Crippen LogP contribution in [-0.4, -0.2) is 30.6 Å². The van der Waals surface area contributed by atoms with Crippen LogP contribution in [0.15, 0.2) is 24.3 Å². The number of rotatable bonds is 1. The Labute approximate surface area is 90.8 Å². The van der Waals surface area contributed by atoms with Gasteiger partial charge in [0.2, 0.25) is 0 Å². The van der Waals surface area contributed by atoms with Gasteiger partial charge in [0.25, 0.3) is 0 Å². The summed E-state index contributed by atoms with van der Waals surface area (Å²) in [4.78, 5) is 2.48. The summed E-state index contributed by atoms with van der Waals surface area (Å²) in [6, 6.07) is 8.51. The van der Waals surface area contributed by atoms with Crippen molar-refractivity contribution in [1.82, 2.24) is 4.90 Å². The molecular weight excluding hydrogens is 186 g/mol. The first-order valence-electron chi connectivity index (χ1n) is 5.86. The smallest absolute Gasteiger partial charge is 0.123 e. The largest absolute Gasteiger partial charge is 0.488 e. The molecule has 0 aliphatic carbocycles. The predicted molar refractivity (Wildman–Crippen MR) is 60.3 cm³/mol. The molecule has 3 rings (SSSR count). The molecule has 2 unspecified atom stereocenters. The Morgan fingerprint density at radius 2 is 2.27 bits per heavy atom. The van der Waals surface area contributed by atoms with E-state index in [1.165, 1.54) is 18.5 Å². The molecular formula is C13H17NO. The summed E-state index contributed by atoms with van der Waals surface area (Å²) in [6.07, 6.45) is 1.64. The third-order valence-electron chi connectivity index (χ3n) is 3.69. The Morgan fingerprint density at radius 3 is 3.13 bits per heavy atom. The van der Waals surface area contributed by atoms with Gasteiger partial charge < -0.3 is 4.74 Å². The molecule has 2 heterocycles. The Morgan fingerprint density at radius 1 is 1.40 bits per heavy atom. The maximum absolute atomic E-state index is 6.00. The average Bonchev–Trinajstić information content (AvgIpc) is 2.66. The minimum Gasteiger partial charge on any atom is -0.488 e. The molecule has 2 heteroatoms. The van der Waals surface area contributed by atoms with E-state index in [-0.39, 0.29) is 0 Å². The zero-order valence-corrected chi connectivity index (χ0v) is 9.15. The Hall–Kier alpha value is -1.02. The second kappa shape index (κ2) is 3.53. The minimum absolute atomic E-state index is 0.399. The van der Waals surface area contributed by atoms with Crippen molar-refractivity contribution in [3.8, 4) is 5.75 Å². The minimum atomic E-state index is 0.399. The number of likely N-dealkylation sites (tertiary alicyclic amines) is 1. The maximum atomic E-state index is 6.00. The molecule has 2 aliphatic rings. The maximum Gasteiger partial charge on any atom is 0.123 e. The topological polar surface area (TPSA) is 12.5 Å². The highest BCUT2D eigenvalue weighted by Gasteiger charge is 2.37. The first kappa shape index (κ1) is 9.22. The van der Waals surface area contributed by atoms with Gasteiger partial charge in [-0.15, -0.1) is 0 Å². The van der Waals surface area contributed by atoms with Crippen molar-refractivity contribution in [3.05, 3.63) is 29.8 Å². The molecule has 0 aromatic heterocycles. The van der Waals surface area contributed by atoms with Crippen molar-refractivity contribution in [2.24, 2.45) is 0 Å². The molecule has 1 fully saturated rings. The predicted octanol–water partition coefficient (Wildman–Crippen LogP) is 2.26. The molecule has 1 saturated heterocycles. The van der Waals surface area contributed by atoms with Crippen LogP contribution in [0.4, 0.5) is 0 Å². The van der Waals surface area contributed by atoms with Crippen LogP contribution in [0.5, 0.6) is 5.75 Å². The van der Waals surface area contributed by atoms with E-state index in [2.05, 4.69) is 36.1 Å². The van der Waals surface area contributed by atoms with Crippen LogP contribution >= 0.6 is 0 Å². The van der Waals surface area contributed by atoms with Crippen molar-refractivity contribution >= 4 is 0 Å². The highest BCUT2D eigenvalue weighted by molar-refractivity contribution is 5.41. The van der Waals surface area contributed by atoms with Crippen LogP contribution in [0.1, 0.15) is 24.8 Å². The van der Waals surface area contributed by atoms with Crippen LogP contribution in [0.25, 0.3) is 0 Å². The molecule has 2 nitrogen and oxygen atoms in total. The second-order valence-electron chi connectivity index (χ2n) is 4.48. The van der Waals surface area contributed by atoms with Crippen molar-refractivity contribution in [1.29, 1.82) is 0 Å². The molecule has 0 radical (unpaired) electrons. The average molecular weight is 203 g/mol. The second-order valence-corrected chi connectivity index (χ2v) is 4.48. The summed E-state index contributed by atoms with van der Waals surface area (Å²) < 4.78 is 6.00. The number of nitrogens with zero attached hydrogens (tertiary/aromatic N) is 1. The first-order valence-corrected chi connectivity index (χ1v) is 5.86. The van der Waals surface area contributed by atoms with E-state index < -0.39 is 0 Å². The van der Waals surface area contributed by atoms with E-state index >= 15 is 0 Å². The highest BCUT2D eigenvalue weighted by atomic mass is 16.5. The highest BCUT2D eigenvalue weighted by Crippen LogP contribution is 2.42. The number of hydrogen-bond acceptors (Lipinski definition) is 2. The molecule has 0 bridgehead atoms. The van der Waals surface area contributed by atoms with Gasteiger partial charge in [-0.3, -0.25) is 4.90 Å². The fourth-order valence-electron chi connectivity index (χ4n) is 2.80. The summed E-state index contributed by atoms with van der Waals surface area (Å²) >= 11 is 0. The fourth-order valence-corrected chi connectivity index (χ4v) is 2.80. The van der Waals surface area contributed by atoms with Gasteiger partial charge in [0.05, 0.1) is 0 Å². The van der Waals surface area contributed by atoms with Crippen molar-refractivity contribution in [2.45, 2.75) is 25.4 Å². The van der Waals surface area contributed by atoms with Gasteiger partial charge in [0, 0.05) is 18.0 Å². The third kappa shape index (κ3) is 1.44. The van der Waals surface area contributed by atoms with E-state index in [1.54, 1.807) is 0 Å². The van der Waals surface area contributed by atoms with Gasteiger partial charge in [0.1, 0.15) is 11.9 Å². The van der Waals surface area contributed by atoms with Crippen molar-refractivity contribution < 1.29 is 4.74 Å². The van der Waals surface area contributed by atoms with Gasteiger partial charge >= 0.3 is 0 Å². The van der Waals surface area contributed by atoms with Gasteiger partial charge in [-0.1, -0.05) is 25.1 Å². The zero-order valence-electron chi connectivity index (χ0n) is 9.15. The van der Waals surface area contributed by atoms with E-state index in [0.717, 1.165) is 18.8 Å². The number of ether oxygens (including phenoxy) is 1. The van der Waals surface area contributed by atoms with E-state index in [9.17, 15) is 0 Å². The molecule has 0 N–H and O–H groups in total. The Bertz CT molecular complexity index is 363. The molecule has 0 amide bonds. The number of piperidine rings is 1. The number of likely N-dealkylation sites (N-methyl/N-ethyl adjacent to an activating group) is 1. The van der Waals surface area contributed by atoms with Crippen molar-refractivity contribution in [2.75, 3.05) is 19.6 Å². The molecule has 2 atom stereocenters. The van der Waals surface area contributed by atoms with Crippen LogP contribution in [0, 0.1) is 0 Å². The number of hydrogen-bond donors (Lipinski definition) is 0. The lowest BCUT2D eigenvalue weighted by Gasteiger charge is -2.33. The summed E-state index contributed by atoms with van der Waals surface area (Å²) in [5.41, 5.74) is 1.43. The van der Waals surface area contributed by atoms with Gasteiger partial charge in [0.15, 0.2) is 0 Å². The normalized spacial score (nSPS) is 29.4. The quantitative estimate of drug-likeness (QED) is 0.694. The van der Waals surface area contributed by atoms with Gasteiger partial charge in [-0.2, -0.15) is 0 Å². The molecule has 1 aromatic carbocycles. The summed E-state index contributed by atoms with van der Waals surface area (Å²) in [6.45, 7) is 5.68. The first-order chi connectivity index (χ1) is 7.38. The lowest BCUT2D eigenvalue weighted by Crippen LogP contribution is -2.42. The molecule has 0 spiro atoms. The summed E-state index contributed by atoms with van der Waals surface area (Å²) in [7, 11) is 0. The van der Waals surface area contributed by atoms with E-state index in [4.69, 9.17) is 4.74 Å². The van der Waals surface area contributed by atoms with E-state index in [1.807, 2.05) is 0 Å². The number of para-hydroxylation sites is 1. The zero-order chi connectivity index (χ0) is 10.3. The number of fused-ring (bicyclic) bond motifs is 3. The van der Waals surface area contributed by atoms with Gasteiger partial charge in [-0.05, 0) is 25.6 Å².